The average Bonchev–Trinajstić information content (AvgIpc) is 2.98. The third-order valence-electron chi connectivity index (χ3n) is 5.03. The molecular weight excluding hydrogens is 318 g/mol. The molecule has 2 heterocycles. The van der Waals surface area contributed by atoms with Gasteiger partial charge in [-0.2, -0.15) is 0 Å². The Kier molecular flexibility index (Phi) is 7.02. The molecule has 0 aromatic rings. The van der Waals surface area contributed by atoms with Crippen molar-refractivity contribution < 1.29 is 14.4 Å². The minimum absolute atomic E-state index is 0.120. The molecule has 0 aromatic carbocycles. The summed E-state index contributed by atoms with van der Waals surface area (Å²) in [5, 5.41) is 0. The van der Waals surface area contributed by atoms with Crippen molar-refractivity contribution in [1.29, 1.82) is 0 Å². The van der Waals surface area contributed by atoms with Crippen LogP contribution in [0.15, 0.2) is 12.2 Å². The Morgan fingerprint density at radius 2 is 1.88 bits per heavy atom. The molecule has 0 aliphatic carbocycles. The van der Waals surface area contributed by atoms with Gasteiger partial charge in [-0.15, -0.1) is 0 Å². The summed E-state index contributed by atoms with van der Waals surface area (Å²) in [5.41, 5.74) is 0.967. The molecule has 6 nitrogen and oxygen atoms in total. The van der Waals surface area contributed by atoms with Gasteiger partial charge in [0.15, 0.2) is 0 Å². The molecule has 3 amide bonds. The molecule has 0 radical (unpaired) electrons. The van der Waals surface area contributed by atoms with Crippen LogP contribution in [0.2, 0.25) is 0 Å². The quantitative estimate of drug-likeness (QED) is 0.626. The van der Waals surface area contributed by atoms with E-state index in [4.69, 9.17) is 0 Å². The number of carbonyl (C=O) groups is 3. The van der Waals surface area contributed by atoms with Gasteiger partial charge in [-0.25, -0.2) is 0 Å². The first kappa shape index (κ1) is 19.5. The lowest BCUT2D eigenvalue weighted by molar-refractivity contribution is -0.142. The fourth-order valence-electron chi connectivity index (χ4n) is 3.65. The van der Waals surface area contributed by atoms with E-state index < -0.39 is 0 Å². The van der Waals surface area contributed by atoms with Crippen LogP contribution in [0.3, 0.4) is 0 Å². The van der Waals surface area contributed by atoms with Crippen molar-refractivity contribution in [2.45, 2.75) is 46.0 Å². The predicted molar refractivity (Wildman–Crippen MR) is 96.8 cm³/mol. The van der Waals surface area contributed by atoms with E-state index in [1.165, 1.54) is 0 Å². The summed E-state index contributed by atoms with van der Waals surface area (Å²) in [7, 11) is 0. The van der Waals surface area contributed by atoms with Crippen LogP contribution in [0, 0.1) is 5.92 Å². The Morgan fingerprint density at radius 3 is 2.48 bits per heavy atom. The van der Waals surface area contributed by atoms with Gasteiger partial charge < -0.3 is 14.7 Å². The van der Waals surface area contributed by atoms with Crippen LogP contribution in [0.5, 0.6) is 0 Å². The second-order valence-corrected chi connectivity index (χ2v) is 7.22. The molecule has 140 valence electrons. The highest BCUT2D eigenvalue weighted by Crippen LogP contribution is 2.21. The molecule has 2 aliphatic heterocycles. The van der Waals surface area contributed by atoms with Crippen LogP contribution in [0.25, 0.3) is 0 Å². The number of hydrogen-bond donors (Lipinski definition) is 0. The highest BCUT2D eigenvalue weighted by Gasteiger charge is 2.32. The summed E-state index contributed by atoms with van der Waals surface area (Å²) in [6.45, 7) is 11.7. The van der Waals surface area contributed by atoms with E-state index >= 15 is 0 Å². The van der Waals surface area contributed by atoms with Crippen molar-refractivity contribution >= 4 is 17.7 Å². The van der Waals surface area contributed by atoms with E-state index in [1.807, 2.05) is 23.6 Å². The van der Waals surface area contributed by atoms with E-state index in [9.17, 15) is 14.4 Å². The fraction of sp³-hybridized carbons (Fsp3) is 0.737. The number of carbonyl (C=O) groups excluding carboxylic acids is 3. The SMILES string of the molecule is C=C(C)CN(CC)C(=O)[C@H]1CCC(=O)N(CCCN2CCCC2=O)C1. The van der Waals surface area contributed by atoms with Gasteiger partial charge in [0.2, 0.25) is 17.7 Å². The van der Waals surface area contributed by atoms with Gasteiger partial charge >= 0.3 is 0 Å². The number of piperidine rings is 1. The van der Waals surface area contributed by atoms with Crippen LogP contribution in [0.4, 0.5) is 0 Å². The van der Waals surface area contributed by atoms with Gasteiger partial charge in [0.1, 0.15) is 0 Å². The largest absolute Gasteiger partial charge is 0.343 e. The first-order chi connectivity index (χ1) is 11.9. The maximum Gasteiger partial charge on any atom is 0.227 e. The van der Waals surface area contributed by atoms with Crippen molar-refractivity contribution in [3.05, 3.63) is 12.2 Å². The first-order valence-electron chi connectivity index (χ1n) is 9.41. The Hall–Kier alpha value is -1.85. The van der Waals surface area contributed by atoms with Crippen molar-refractivity contribution in [3.8, 4) is 0 Å². The minimum Gasteiger partial charge on any atom is -0.343 e. The number of rotatable bonds is 8. The molecule has 0 aromatic heterocycles. The summed E-state index contributed by atoms with van der Waals surface area (Å²) < 4.78 is 0. The molecule has 0 N–H and O–H groups in total. The van der Waals surface area contributed by atoms with Crippen LogP contribution < -0.4 is 0 Å². The second-order valence-electron chi connectivity index (χ2n) is 7.22. The van der Waals surface area contributed by atoms with Crippen LogP contribution in [-0.4, -0.2) is 71.7 Å². The molecule has 0 saturated carbocycles. The highest BCUT2D eigenvalue weighted by atomic mass is 16.2. The lowest BCUT2D eigenvalue weighted by Crippen LogP contribution is -2.48. The molecule has 0 unspecified atom stereocenters. The second kappa shape index (κ2) is 9.02. The zero-order valence-electron chi connectivity index (χ0n) is 15.6. The molecule has 2 fully saturated rings. The maximum absolute atomic E-state index is 12.7. The van der Waals surface area contributed by atoms with E-state index in [0.717, 1.165) is 25.0 Å². The predicted octanol–water partition coefficient (Wildman–Crippen LogP) is 1.66. The molecule has 2 rings (SSSR count). The standard InChI is InChI=1S/C19H31N3O3/c1-4-20(13-15(2)3)19(25)16-8-9-18(24)22(14-16)12-6-11-21-10-5-7-17(21)23/h16H,2,4-14H2,1,3H3/t16-/m0/s1. The minimum atomic E-state index is -0.120. The summed E-state index contributed by atoms with van der Waals surface area (Å²) in [6, 6.07) is 0. The summed E-state index contributed by atoms with van der Waals surface area (Å²) in [4.78, 5) is 42.1. The topological polar surface area (TPSA) is 60.9 Å². The Labute approximate surface area is 150 Å². The van der Waals surface area contributed by atoms with Gasteiger partial charge in [0.25, 0.3) is 0 Å². The summed E-state index contributed by atoms with van der Waals surface area (Å²) in [6.07, 6.45) is 3.43. The van der Waals surface area contributed by atoms with Crippen molar-refractivity contribution in [3.63, 3.8) is 0 Å². The smallest absolute Gasteiger partial charge is 0.227 e. The maximum atomic E-state index is 12.7. The number of amides is 3. The first-order valence-corrected chi connectivity index (χ1v) is 9.41. The molecule has 6 heteroatoms. The zero-order chi connectivity index (χ0) is 18.4. The molecule has 2 aliphatic rings. The molecule has 0 spiro atoms. The van der Waals surface area contributed by atoms with Gasteiger partial charge in [-0.3, -0.25) is 14.4 Å². The lowest BCUT2D eigenvalue weighted by atomic mass is 9.95. The normalized spacial score (nSPS) is 21.0. The van der Waals surface area contributed by atoms with Crippen molar-refractivity contribution in [1.82, 2.24) is 14.7 Å². The van der Waals surface area contributed by atoms with E-state index in [2.05, 4.69) is 6.58 Å². The van der Waals surface area contributed by atoms with Gasteiger partial charge in [-0.05, 0) is 33.1 Å². The number of likely N-dealkylation sites (N-methyl/N-ethyl adjacent to an activating group) is 1. The van der Waals surface area contributed by atoms with E-state index in [1.54, 1.807) is 4.90 Å². The third-order valence-corrected chi connectivity index (χ3v) is 5.03. The number of likely N-dealkylation sites (tertiary alicyclic amines) is 2. The fourth-order valence-corrected chi connectivity index (χ4v) is 3.65. The molecule has 1 atom stereocenters. The molecular formula is C19H31N3O3. The molecule has 25 heavy (non-hydrogen) atoms. The summed E-state index contributed by atoms with van der Waals surface area (Å²) in [5.74, 6) is 0.347. The number of hydrogen-bond acceptors (Lipinski definition) is 3. The highest BCUT2D eigenvalue weighted by molar-refractivity contribution is 5.84. The zero-order valence-corrected chi connectivity index (χ0v) is 15.6. The van der Waals surface area contributed by atoms with E-state index in [-0.39, 0.29) is 23.6 Å². The van der Waals surface area contributed by atoms with Gasteiger partial charge in [0, 0.05) is 52.1 Å². The van der Waals surface area contributed by atoms with Crippen molar-refractivity contribution in [2.24, 2.45) is 5.92 Å². The van der Waals surface area contributed by atoms with Crippen molar-refractivity contribution in [2.75, 3.05) is 39.3 Å². The number of nitrogens with zero attached hydrogens (tertiary/aromatic N) is 3. The lowest BCUT2D eigenvalue weighted by Gasteiger charge is -2.35. The summed E-state index contributed by atoms with van der Waals surface area (Å²) >= 11 is 0. The van der Waals surface area contributed by atoms with Gasteiger partial charge in [-0.1, -0.05) is 12.2 Å². The average molecular weight is 349 g/mol. The monoisotopic (exact) mass is 349 g/mol. The van der Waals surface area contributed by atoms with Crippen LogP contribution >= 0.6 is 0 Å². The van der Waals surface area contributed by atoms with E-state index in [0.29, 0.717) is 52.0 Å². The van der Waals surface area contributed by atoms with Crippen LogP contribution in [0.1, 0.15) is 46.0 Å². The van der Waals surface area contributed by atoms with Crippen LogP contribution in [-0.2, 0) is 14.4 Å². The Balaban J connectivity index is 1.85. The Morgan fingerprint density at radius 1 is 1.20 bits per heavy atom. The molecule has 2 saturated heterocycles. The third kappa shape index (κ3) is 5.31. The van der Waals surface area contributed by atoms with Gasteiger partial charge in [0.05, 0.1) is 5.92 Å². The molecule has 0 bridgehead atoms. The Bertz CT molecular complexity index is 532.